The molecule has 0 amide bonds. The van der Waals surface area contributed by atoms with Crippen LogP contribution < -0.4 is 10.5 Å². The number of aliphatic hydroxyl groups excluding tert-OH is 1. The average Bonchev–Trinajstić information content (AvgIpc) is 2.31. The zero-order valence-corrected chi connectivity index (χ0v) is 10.0. The van der Waals surface area contributed by atoms with Gasteiger partial charge in [-0.3, -0.25) is 0 Å². The third kappa shape index (κ3) is 3.66. The van der Waals surface area contributed by atoms with E-state index in [2.05, 4.69) is 0 Å². The fraction of sp³-hybridized carbons (Fsp3) is 0.500. The van der Waals surface area contributed by atoms with Gasteiger partial charge in [0.05, 0.1) is 19.3 Å². The molecule has 1 aromatic rings. The molecule has 0 bridgehead atoms. The molecule has 2 atom stereocenters. The van der Waals surface area contributed by atoms with Crippen molar-refractivity contribution >= 4 is 0 Å². The van der Waals surface area contributed by atoms with Crippen molar-refractivity contribution in [1.29, 1.82) is 0 Å². The van der Waals surface area contributed by atoms with Gasteiger partial charge in [0.2, 0.25) is 0 Å². The molecule has 0 saturated carbocycles. The molecule has 96 valence electrons. The molecule has 2 unspecified atom stereocenters. The summed E-state index contributed by atoms with van der Waals surface area (Å²) < 4.78 is 23.9. The summed E-state index contributed by atoms with van der Waals surface area (Å²) in [5.74, 6) is -0.342. The van der Waals surface area contributed by atoms with Crippen LogP contribution in [-0.4, -0.2) is 37.6 Å². The second kappa shape index (κ2) is 6.54. The van der Waals surface area contributed by atoms with Crippen LogP contribution in [0.25, 0.3) is 0 Å². The molecule has 0 spiro atoms. The van der Waals surface area contributed by atoms with Gasteiger partial charge >= 0.3 is 0 Å². The number of hydrogen-bond acceptors (Lipinski definition) is 4. The molecule has 0 aliphatic carbocycles. The predicted molar refractivity (Wildman–Crippen MR) is 62.5 cm³/mol. The number of aryl methyl sites for hydroxylation is 1. The summed E-state index contributed by atoms with van der Waals surface area (Å²) in [5, 5.41) is 9.16. The predicted octanol–water partition coefficient (Wildman–Crippen LogP) is 0.848. The number of hydrogen-bond donors (Lipinski definition) is 2. The quantitative estimate of drug-likeness (QED) is 0.777. The number of benzene rings is 1. The van der Waals surface area contributed by atoms with Gasteiger partial charge in [0.25, 0.3) is 0 Å². The molecule has 0 aliphatic rings. The largest absolute Gasteiger partial charge is 0.483 e. The number of methoxy groups -OCH3 is 1. The molecular weight excluding hydrogens is 225 g/mol. The van der Waals surface area contributed by atoms with E-state index in [1.165, 1.54) is 13.2 Å². The van der Waals surface area contributed by atoms with Crippen molar-refractivity contribution < 1.29 is 19.0 Å². The van der Waals surface area contributed by atoms with Crippen molar-refractivity contribution in [3.05, 3.63) is 29.6 Å². The van der Waals surface area contributed by atoms with Gasteiger partial charge in [0, 0.05) is 7.11 Å². The third-order valence-electron chi connectivity index (χ3n) is 2.45. The van der Waals surface area contributed by atoms with E-state index in [4.69, 9.17) is 20.3 Å². The van der Waals surface area contributed by atoms with Crippen LogP contribution in [0.5, 0.6) is 5.75 Å². The third-order valence-corrected chi connectivity index (χ3v) is 2.45. The summed E-state index contributed by atoms with van der Waals surface area (Å²) in [6, 6.07) is 4.32. The highest BCUT2D eigenvalue weighted by molar-refractivity contribution is 5.30. The second-order valence-electron chi connectivity index (χ2n) is 3.85. The van der Waals surface area contributed by atoms with Gasteiger partial charge in [0.1, 0.15) is 6.10 Å². The van der Waals surface area contributed by atoms with E-state index < -0.39 is 18.0 Å². The van der Waals surface area contributed by atoms with Gasteiger partial charge in [-0.1, -0.05) is 12.1 Å². The lowest BCUT2D eigenvalue weighted by Crippen LogP contribution is -2.44. The number of aliphatic hydroxyl groups is 1. The fourth-order valence-electron chi connectivity index (χ4n) is 1.43. The molecule has 3 N–H and O–H groups in total. The van der Waals surface area contributed by atoms with Gasteiger partial charge in [-0.15, -0.1) is 0 Å². The lowest BCUT2D eigenvalue weighted by Gasteiger charge is -2.23. The molecule has 0 saturated heterocycles. The molecule has 0 aliphatic heterocycles. The van der Waals surface area contributed by atoms with Crippen molar-refractivity contribution in [2.75, 3.05) is 20.3 Å². The Balaban J connectivity index is 2.77. The summed E-state index contributed by atoms with van der Waals surface area (Å²) in [5.41, 5.74) is 6.23. The van der Waals surface area contributed by atoms with Gasteiger partial charge in [-0.05, 0) is 18.6 Å². The van der Waals surface area contributed by atoms with E-state index in [0.717, 1.165) is 0 Å². The van der Waals surface area contributed by atoms with Crippen LogP contribution in [0.3, 0.4) is 0 Å². The van der Waals surface area contributed by atoms with Crippen molar-refractivity contribution in [1.82, 2.24) is 0 Å². The molecular formula is C12H18FNO3. The molecule has 17 heavy (non-hydrogen) atoms. The van der Waals surface area contributed by atoms with Crippen LogP contribution in [-0.2, 0) is 4.74 Å². The Hall–Kier alpha value is -1.17. The fourth-order valence-corrected chi connectivity index (χ4v) is 1.43. The van der Waals surface area contributed by atoms with Gasteiger partial charge < -0.3 is 20.3 Å². The second-order valence-corrected chi connectivity index (χ2v) is 3.85. The standard InChI is InChI=1S/C12H18FNO3/c1-8-4-3-5-10(12(8)13)17-11(6-15)9(14)7-16-2/h3-5,9,11,15H,6-7,14H2,1-2H3. The molecule has 5 heteroatoms. The maximum Gasteiger partial charge on any atom is 0.167 e. The molecule has 0 aromatic heterocycles. The Morgan fingerprint density at radius 1 is 1.47 bits per heavy atom. The highest BCUT2D eigenvalue weighted by Crippen LogP contribution is 2.21. The van der Waals surface area contributed by atoms with E-state index in [1.807, 2.05) is 0 Å². The zero-order chi connectivity index (χ0) is 12.8. The van der Waals surface area contributed by atoms with E-state index in [9.17, 15) is 4.39 Å². The molecule has 1 rings (SSSR count). The summed E-state index contributed by atoms with van der Waals surface area (Å²) in [4.78, 5) is 0. The first-order valence-electron chi connectivity index (χ1n) is 5.37. The summed E-state index contributed by atoms with van der Waals surface area (Å²) in [7, 11) is 1.50. The highest BCUT2D eigenvalue weighted by atomic mass is 19.1. The van der Waals surface area contributed by atoms with Crippen LogP contribution in [0.1, 0.15) is 5.56 Å². The summed E-state index contributed by atoms with van der Waals surface area (Å²) >= 11 is 0. The maximum atomic E-state index is 13.7. The van der Waals surface area contributed by atoms with E-state index in [1.54, 1.807) is 19.1 Å². The van der Waals surface area contributed by atoms with E-state index in [0.29, 0.717) is 5.56 Å². The zero-order valence-electron chi connectivity index (χ0n) is 10.0. The first-order valence-corrected chi connectivity index (χ1v) is 5.37. The molecule has 0 fully saturated rings. The lowest BCUT2D eigenvalue weighted by atomic mass is 10.2. The average molecular weight is 243 g/mol. The van der Waals surface area contributed by atoms with Gasteiger partial charge in [-0.25, -0.2) is 4.39 Å². The van der Waals surface area contributed by atoms with Crippen molar-refractivity contribution in [2.45, 2.75) is 19.1 Å². The van der Waals surface area contributed by atoms with E-state index in [-0.39, 0.29) is 19.0 Å². The topological polar surface area (TPSA) is 64.7 Å². The normalized spacial score (nSPS) is 14.4. The Labute approximate surface area is 100 Å². The maximum absolute atomic E-state index is 13.7. The van der Waals surface area contributed by atoms with Crippen LogP contribution in [0.15, 0.2) is 18.2 Å². The van der Waals surface area contributed by atoms with Crippen LogP contribution in [0, 0.1) is 12.7 Å². The van der Waals surface area contributed by atoms with Crippen molar-refractivity contribution in [3.63, 3.8) is 0 Å². The Morgan fingerprint density at radius 3 is 2.76 bits per heavy atom. The molecule has 1 aromatic carbocycles. The Morgan fingerprint density at radius 2 is 2.18 bits per heavy atom. The first-order chi connectivity index (χ1) is 8.10. The first kappa shape index (κ1) is 13.9. The van der Waals surface area contributed by atoms with Crippen molar-refractivity contribution in [2.24, 2.45) is 5.73 Å². The minimum absolute atomic E-state index is 0.0932. The molecule has 4 nitrogen and oxygen atoms in total. The Kier molecular flexibility index (Phi) is 5.34. The monoisotopic (exact) mass is 243 g/mol. The van der Waals surface area contributed by atoms with Crippen molar-refractivity contribution in [3.8, 4) is 5.75 Å². The SMILES string of the molecule is COCC(N)C(CO)Oc1cccc(C)c1F. The number of ether oxygens (including phenoxy) is 2. The highest BCUT2D eigenvalue weighted by Gasteiger charge is 2.20. The summed E-state index contributed by atoms with van der Waals surface area (Å²) in [6.07, 6.45) is -0.689. The minimum atomic E-state index is -0.689. The number of rotatable bonds is 6. The van der Waals surface area contributed by atoms with Crippen LogP contribution >= 0.6 is 0 Å². The van der Waals surface area contributed by atoms with Crippen LogP contribution in [0.4, 0.5) is 4.39 Å². The van der Waals surface area contributed by atoms with Gasteiger partial charge in [0.15, 0.2) is 11.6 Å². The Bertz CT molecular complexity index is 360. The van der Waals surface area contributed by atoms with Gasteiger partial charge in [-0.2, -0.15) is 0 Å². The van der Waals surface area contributed by atoms with Crippen LogP contribution in [0.2, 0.25) is 0 Å². The number of halogens is 1. The lowest BCUT2D eigenvalue weighted by molar-refractivity contribution is 0.0579. The van der Waals surface area contributed by atoms with E-state index >= 15 is 0 Å². The minimum Gasteiger partial charge on any atom is -0.483 e. The molecule has 0 heterocycles. The summed E-state index contributed by atoms with van der Waals surface area (Å²) in [6.45, 7) is 1.59. The molecule has 0 radical (unpaired) electrons. The smallest absolute Gasteiger partial charge is 0.167 e. The number of nitrogens with two attached hydrogens (primary N) is 1.